The van der Waals surface area contributed by atoms with Gasteiger partial charge in [-0.3, -0.25) is 9.55 Å². The minimum absolute atomic E-state index is 0. The smallest absolute Gasteiger partial charge is 0.325 e. The molecule has 6 aromatic carbocycles. The zero-order valence-corrected chi connectivity index (χ0v) is 38.0. The van der Waals surface area contributed by atoms with E-state index in [-0.39, 0.29) is 32.2 Å². The standard InChI is InChI=1S/C51H43N6O2Si.Pt/c1-51(2,3)37-27-35(26-36(28-37)41-29-34(24-25-52-41)32-14-9-7-10-15-32)39-18-13-19-43-47(39)55-49(46-45(58)23-22-44-48(46)59-50-53-31-54-57(44)50)56(43)42-21-20-38(60(4,5)6)30-40(42)33-16-11-8-12-17-33;/h7-25,27-31,58H,1-6H3;/q-1;. The summed E-state index contributed by atoms with van der Waals surface area (Å²) in [5.74, 6) is 0.890. The van der Waals surface area contributed by atoms with E-state index < -0.39 is 8.07 Å². The monoisotopic (exact) mass is 994 g/mol. The predicted molar refractivity (Wildman–Crippen MR) is 245 cm³/mol. The molecule has 0 aliphatic carbocycles. The molecule has 10 heteroatoms. The summed E-state index contributed by atoms with van der Waals surface area (Å²) in [5, 5.41) is 17.6. The summed E-state index contributed by atoms with van der Waals surface area (Å²) < 4.78 is 10.2. The average molecular weight is 995 g/mol. The maximum atomic E-state index is 11.9. The van der Waals surface area contributed by atoms with Crippen molar-refractivity contribution in [3.8, 4) is 67.5 Å². The first kappa shape index (κ1) is 40.0. The maximum Gasteiger partial charge on any atom is 0.325 e. The Kier molecular flexibility index (Phi) is 10.0. The molecule has 0 aliphatic rings. The van der Waals surface area contributed by atoms with Crippen LogP contribution in [0, 0.1) is 6.07 Å². The van der Waals surface area contributed by atoms with Crippen LogP contribution >= 0.6 is 0 Å². The molecule has 0 saturated carbocycles. The van der Waals surface area contributed by atoms with Crippen molar-refractivity contribution in [2.45, 2.75) is 45.8 Å². The second kappa shape index (κ2) is 15.2. The van der Waals surface area contributed by atoms with Gasteiger partial charge in [-0.2, -0.15) is 14.6 Å². The molecular weight excluding hydrogens is 952 g/mol. The molecule has 0 radical (unpaired) electrons. The largest absolute Gasteiger partial charge is 0.507 e. The molecule has 61 heavy (non-hydrogen) atoms. The topological polar surface area (TPSA) is 94.3 Å². The quantitative estimate of drug-likeness (QED) is 0.126. The first-order valence-electron chi connectivity index (χ1n) is 20.2. The summed E-state index contributed by atoms with van der Waals surface area (Å²) in [6.07, 6.45) is 3.33. The number of phenols is 1. The number of hydrogen-bond donors (Lipinski definition) is 1. The first-order valence-corrected chi connectivity index (χ1v) is 23.7. The second-order valence-electron chi connectivity index (χ2n) is 17.4. The number of para-hydroxylation sites is 1. The molecule has 0 unspecified atom stereocenters. The van der Waals surface area contributed by atoms with Gasteiger partial charge in [-0.15, -0.1) is 29.3 Å². The van der Waals surface area contributed by atoms with Gasteiger partial charge in [-0.05, 0) is 52.4 Å². The van der Waals surface area contributed by atoms with Crippen LogP contribution in [0.25, 0.3) is 89.7 Å². The number of hydrogen-bond acceptors (Lipinski definition) is 6. The molecule has 0 aliphatic heterocycles. The maximum absolute atomic E-state index is 11.9. The summed E-state index contributed by atoms with van der Waals surface area (Å²) in [7, 11) is -1.73. The van der Waals surface area contributed by atoms with E-state index in [0.717, 1.165) is 66.9 Å². The van der Waals surface area contributed by atoms with Crippen LogP contribution in [0.1, 0.15) is 26.3 Å². The zero-order chi connectivity index (χ0) is 41.3. The molecule has 304 valence electrons. The van der Waals surface area contributed by atoms with Crippen LogP contribution in [0.4, 0.5) is 0 Å². The second-order valence-corrected chi connectivity index (χ2v) is 22.5. The molecular formula is C51H43N6O2PtSi-. The van der Waals surface area contributed by atoms with Crippen LogP contribution in [0.5, 0.6) is 5.75 Å². The van der Waals surface area contributed by atoms with Crippen LogP contribution in [0.2, 0.25) is 19.6 Å². The van der Waals surface area contributed by atoms with Crippen molar-refractivity contribution in [2.24, 2.45) is 0 Å². The Labute approximate surface area is 369 Å². The predicted octanol–water partition coefficient (Wildman–Crippen LogP) is 11.9. The van der Waals surface area contributed by atoms with Crippen molar-refractivity contribution in [1.82, 2.24) is 29.1 Å². The number of oxazole rings is 1. The van der Waals surface area contributed by atoms with Gasteiger partial charge in [0.25, 0.3) is 0 Å². The summed E-state index contributed by atoms with van der Waals surface area (Å²) in [4.78, 5) is 14.7. The number of fused-ring (bicyclic) bond motifs is 4. The summed E-state index contributed by atoms with van der Waals surface area (Å²) in [5.41, 5.74) is 13.0. The molecule has 4 aromatic heterocycles. The number of phenolic OH excluding ortho intramolecular Hbond substituents is 1. The SMILES string of the molecule is CC(C)(C)c1cc(-c2cc(-c3ccccc3)ccn2)[c-]c(-c2cccc3c2nc(-c2c(O)ccc4c2oc2ncnn24)n3-c2ccc([Si](C)(C)C)cc2-c2ccccc2)c1.[Pt]. The van der Waals surface area contributed by atoms with Gasteiger partial charge in [0.15, 0.2) is 11.4 Å². The van der Waals surface area contributed by atoms with Crippen molar-refractivity contribution < 1.29 is 30.6 Å². The molecule has 4 heterocycles. The van der Waals surface area contributed by atoms with Crippen LogP contribution in [0.15, 0.2) is 150 Å². The van der Waals surface area contributed by atoms with E-state index >= 15 is 0 Å². The minimum Gasteiger partial charge on any atom is -0.507 e. The number of imidazole rings is 1. The third kappa shape index (κ3) is 7.11. The van der Waals surface area contributed by atoms with Gasteiger partial charge in [0.1, 0.15) is 23.2 Å². The van der Waals surface area contributed by atoms with Gasteiger partial charge in [-0.1, -0.05) is 148 Å². The van der Waals surface area contributed by atoms with Crippen molar-refractivity contribution in [2.75, 3.05) is 0 Å². The van der Waals surface area contributed by atoms with Crippen molar-refractivity contribution in [3.63, 3.8) is 0 Å². The fraction of sp³-hybridized carbons (Fsp3) is 0.137. The van der Waals surface area contributed by atoms with Gasteiger partial charge in [0.05, 0.1) is 24.8 Å². The summed E-state index contributed by atoms with van der Waals surface area (Å²) in [6.45, 7) is 13.8. The zero-order valence-electron chi connectivity index (χ0n) is 34.7. The Balaban J connectivity index is 0.00000476. The molecule has 10 rings (SSSR count). The number of aromatic nitrogens is 6. The van der Waals surface area contributed by atoms with E-state index in [1.807, 2.05) is 24.4 Å². The number of rotatable bonds is 7. The van der Waals surface area contributed by atoms with Crippen LogP contribution in [-0.4, -0.2) is 42.3 Å². The van der Waals surface area contributed by atoms with Gasteiger partial charge in [0.2, 0.25) is 0 Å². The molecule has 10 aromatic rings. The number of nitrogens with zero attached hydrogens (tertiary/aromatic N) is 6. The van der Waals surface area contributed by atoms with Gasteiger partial charge in [-0.25, -0.2) is 4.98 Å². The van der Waals surface area contributed by atoms with Crippen LogP contribution < -0.4 is 5.19 Å². The molecule has 0 bridgehead atoms. The van der Waals surface area contributed by atoms with Gasteiger partial charge in [0, 0.05) is 38.5 Å². The Hall–Kier alpha value is -6.41. The molecule has 1 N–H and O–H groups in total. The summed E-state index contributed by atoms with van der Waals surface area (Å²) >= 11 is 0. The molecule has 0 amide bonds. The fourth-order valence-electron chi connectivity index (χ4n) is 8.05. The Bertz CT molecular complexity index is 3250. The number of benzene rings is 6. The van der Waals surface area contributed by atoms with Crippen molar-refractivity contribution in [3.05, 3.63) is 158 Å². The van der Waals surface area contributed by atoms with Gasteiger partial charge >= 0.3 is 5.84 Å². The van der Waals surface area contributed by atoms with E-state index in [0.29, 0.717) is 28.3 Å². The molecule has 0 fully saturated rings. The molecule has 0 atom stereocenters. The van der Waals surface area contributed by atoms with E-state index in [1.54, 1.807) is 16.6 Å². The molecule has 8 nitrogen and oxygen atoms in total. The third-order valence-corrected chi connectivity index (χ3v) is 13.4. The Morgan fingerprint density at radius 2 is 1.43 bits per heavy atom. The van der Waals surface area contributed by atoms with Crippen molar-refractivity contribution in [1.29, 1.82) is 0 Å². The normalized spacial score (nSPS) is 12.0. The van der Waals surface area contributed by atoms with E-state index in [1.165, 1.54) is 11.5 Å². The Morgan fingerprint density at radius 1 is 0.689 bits per heavy atom. The first-order chi connectivity index (χ1) is 28.9. The van der Waals surface area contributed by atoms with E-state index in [2.05, 4.69) is 164 Å². The fourth-order valence-corrected chi connectivity index (χ4v) is 9.21. The number of aromatic hydroxyl groups is 1. The number of pyridine rings is 1. The van der Waals surface area contributed by atoms with Crippen LogP contribution in [0.3, 0.4) is 0 Å². The van der Waals surface area contributed by atoms with E-state index in [4.69, 9.17) is 14.4 Å². The van der Waals surface area contributed by atoms with Crippen molar-refractivity contribution >= 4 is 41.2 Å². The minimum atomic E-state index is -1.73. The Morgan fingerprint density at radius 3 is 2.16 bits per heavy atom. The summed E-state index contributed by atoms with van der Waals surface area (Å²) in [6, 6.07) is 49.8. The van der Waals surface area contributed by atoms with Gasteiger partial charge < -0.3 is 9.52 Å². The van der Waals surface area contributed by atoms with Crippen LogP contribution in [-0.2, 0) is 26.5 Å². The third-order valence-electron chi connectivity index (χ3n) is 11.3. The average Bonchev–Trinajstić information content (AvgIpc) is 3.97. The van der Waals surface area contributed by atoms with E-state index in [9.17, 15) is 5.11 Å². The molecule has 0 spiro atoms. The molecule has 0 saturated heterocycles.